The fourth-order valence-corrected chi connectivity index (χ4v) is 1.93. The molecule has 7 heteroatoms. The van der Waals surface area contributed by atoms with Crippen molar-refractivity contribution in [3.05, 3.63) is 60.0 Å². The molecule has 0 bridgehead atoms. The molecule has 0 fully saturated rings. The third-order valence-corrected chi connectivity index (χ3v) is 3.06. The first kappa shape index (κ1) is 14.6. The van der Waals surface area contributed by atoms with Crippen LogP contribution in [0.3, 0.4) is 0 Å². The summed E-state index contributed by atoms with van der Waals surface area (Å²) in [6.45, 7) is 0.0659. The number of aromatic hydroxyl groups is 1. The molecule has 0 amide bonds. The van der Waals surface area contributed by atoms with E-state index in [2.05, 4.69) is 10.1 Å². The van der Waals surface area contributed by atoms with E-state index < -0.39 is 5.97 Å². The maximum absolute atomic E-state index is 11.0. The highest BCUT2D eigenvalue weighted by molar-refractivity contribution is 5.89. The summed E-state index contributed by atoms with van der Waals surface area (Å²) in [6.07, 6.45) is 0. The Labute approximate surface area is 130 Å². The molecule has 23 heavy (non-hydrogen) atoms. The van der Waals surface area contributed by atoms with Gasteiger partial charge in [0, 0.05) is 0 Å². The van der Waals surface area contributed by atoms with Crippen LogP contribution in [0.4, 0.5) is 0 Å². The van der Waals surface area contributed by atoms with Gasteiger partial charge >= 0.3 is 5.97 Å². The fraction of sp³-hybridized carbons (Fsp3) is 0.0625. The standard InChI is InChI=1S/C16H12N2O5/c19-13-7-6-10(16(20)21)8-12(13)15-17-14(23-18-15)9-22-11-4-2-1-3-5-11/h1-8,19H,9H2,(H,20,21). The van der Waals surface area contributed by atoms with Crippen LogP contribution in [0, 0.1) is 0 Å². The third-order valence-electron chi connectivity index (χ3n) is 3.06. The maximum atomic E-state index is 11.0. The lowest BCUT2D eigenvalue weighted by molar-refractivity contribution is 0.0697. The van der Waals surface area contributed by atoms with Gasteiger partial charge in [0.2, 0.25) is 5.82 Å². The van der Waals surface area contributed by atoms with Crippen LogP contribution in [0.2, 0.25) is 0 Å². The molecular formula is C16H12N2O5. The third kappa shape index (κ3) is 3.29. The van der Waals surface area contributed by atoms with Gasteiger partial charge in [-0.05, 0) is 30.3 Å². The summed E-state index contributed by atoms with van der Waals surface area (Å²) in [5.74, 6) is -0.280. The van der Waals surface area contributed by atoms with Crippen LogP contribution in [-0.4, -0.2) is 26.3 Å². The van der Waals surface area contributed by atoms with Crippen molar-refractivity contribution in [2.24, 2.45) is 0 Å². The first-order valence-electron chi connectivity index (χ1n) is 6.70. The number of ether oxygens (including phenoxy) is 1. The first-order valence-corrected chi connectivity index (χ1v) is 6.70. The molecule has 2 aromatic carbocycles. The molecule has 0 unspecified atom stereocenters. The number of nitrogens with zero attached hydrogens (tertiary/aromatic N) is 2. The van der Waals surface area contributed by atoms with Crippen LogP contribution < -0.4 is 4.74 Å². The van der Waals surface area contributed by atoms with Gasteiger partial charge in [-0.25, -0.2) is 4.79 Å². The number of phenols is 1. The molecule has 0 atom stereocenters. The highest BCUT2D eigenvalue weighted by Gasteiger charge is 2.15. The summed E-state index contributed by atoms with van der Waals surface area (Å²) in [5.41, 5.74) is 0.198. The van der Waals surface area contributed by atoms with Crippen molar-refractivity contribution >= 4 is 5.97 Å². The van der Waals surface area contributed by atoms with Crippen LogP contribution in [0.25, 0.3) is 11.4 Å². The summed E-state index contributed by atoms with van der Waals surface area (Å²) in [6, 6.07) is 13.0. The van der Waals surface area contributed by atoms with Crippen molar-refractivity contribution in [2.75, 3.05) is 0 Å². The van der Waals surface area contributed by atoms with Crippen LogP contribution in [0.1, 0.15) is 16.2 Å². The molecule has 3 aromatic rings. The van der Waals surface area contributed by atoms with Gasteiger partial charge in [0.25, 0.3) is 5.89 Å². The minimum Gasteiger partial charge on any atom is -0.507 e. The number of aromatic nitrogens is 2. The lowest BCUT2D eigenvalue weighted by Crippen LogP contribution is -1.97. The van der Waals surface area contributed by atoms with Gasteiger partial charge in [-0.3, -0.25) is 0 Å². The molecule has 0 radical (unpaired) electrons. The summed E-state index contributed by atoms with van der Waals surface area (Å²) >= 11 is 0. The first-order chi connectivity index (χ1) is 11.1. The van der Waals surface area contributed by atoms with Gasteiger partial charge < -0.3 is 19.5 Å². The minimum atomic E-state index is -1.11. The number of carbonyl (C=O) groups is 1. The lowest BCUT2D eigenvalue weighted by Gasteiger charge is -2.02. The van der Waals surface area contributed by atoms with Gasteiger partial charge in [-0.2, -0.15) is 4.98 Å². The molecule has 1 aromatic heterocycles. The van der Waals surface area contributed by atoms with E-state index in [1.807, 2.05) is 18.2 Å². The Kier molecular flexibility index (Phi) is 3.92. The van der Waals surface area contributed by atoms with Crippen molar-refractivity contribution in [1.82, 2.24) is 10.1 Å². The van der Waals surface area contributed by atoms with Crippen molar-refractivity contribution in [3.8, 4) is 22.9 Å². The topological polar surface area (TPSA) is 106 Å². The number of hydrogen-bond acceptors (Lipinski definition) is 6. The molecule has 1 heterocycles. The Hall–Kier alpha value is -3.35. The minimum absolute atomic E-state index is 0.0182. The van der Waals surface area contributed by atoms with E-state index in [1.54, 1.807) is 12.1 Å². The van der Waals surface area contributed by atoms with E-state index in [-0.39, 0.29) is 35.2 Å². The monoisotopic (exact) mass is 312 g/mol. The fourth-order valence-electron chi connectivity index (χ4n) is 1.93. The molecule has 3 rings (SSSR count). The molecule has 116 valence electrons. The Morgan fingerprint density at radius 2 is 1.96 bits per heavy atom. The number of carboxylic acid groups (broad SMARTS) is 1. The van der Waals surface area contributed by atoms with Gasteiger partial charge in [-0.15, -0.1) is 0 Å². The van der Waals surface area contributed by atoms with E-state index >= 15 is 0 Å². The smallest absolute Gasteiger partial charge is 0.335 e. The number of carboxylic acids is 1. The van der Waals surface area contributed by atoms with Crippen molar-refractivity contribution in [2.45, 2.75) is 6.61 Å². The number of benzene rings is 2. The maximum Gasteiger partial charge on any atom is 0.335 e. The van der Waals surface area contributed by atoms with Crippen LogP contribution >= 0.6 is 0 Å². The summed E-state index contributed by atoms with van der Waals surface area (Å²) < 4.78 is 10.5. The SMILES string of the molecule is O=C(O)c1ccc(O)c(-c2noc(COc3ccccc3)n2)c1. The van der Waals surface area contributed by atoms with E-state index in [9.17, 15) is 9.90 Å². The molecule has 0 saturated carbocycles. The van der Waals surface area contributed by atoms with Gasteiger partial charge in [0.05, 0.1) is 11.1 Å². The zero-order valence-electron chi connectivity index (χ0n) is 11.8. The number of para-hydroxylation sites is 1. The zero-order valence-corrected chi connectivity index (χ0v) is 11.8. The normalized spacial score (nSPS) is 10.4. The van der Waals surface area contributed by atoms with Crippen LogP contribution in [0.5, 0.6) is 11.5 Å². The molecule has 0 aliphatic rings. The zero-order chi connectivity index (χ0) is 16.2. The molecule has 0 spiro atoms. The Morgan fingerprint density at radius 1 is 1.17 bits per heavy atom. The predicted molar refractivity (Wildman–Crippen MR) is 79.1 cm³/mol. The second-order valence-corrected chi connectivity index (χ2v) is 4.65. The summed E-state index contributed by atoms with van der Waals surface area (Å²) in [4.78, 5) is 15.1. The van der Waals surface area contributed by atoms with Crippen LogP contribution in [0.15, 0.2) is 53.1 Å². The highest BCUT2D eigenvalue weighted by atomic mass is 16.5. The number of rotatable bonds is 5. The van der Waals surface area contributed by atoms with E-state index in [4.69, 9.17) is 14.4 Å². The summed E-state index contributed by atoms with van der Waals surface area (Å²) in [5, 5.41) is 22.6. The second kappa shape index (κ2) is 6.18. The Bertz CT molecular complexity index is 829. The van der Waals surface area contributed by atoms with E-state index in [1.165, 1.54) is 18.2 Å². The van der Waals surface area contributed by atoms with Gasteiger partial charge in [-0.1, -0.05) is 23.4 Å². The van der Waals surface area contributed by atoms with Gasteiger partial charge in [0.1, 0.15) is 11.5 Å². The van der Waals surface area contributed by atoms with E-state index in [0.29, 0.717) is 5.75 Å². The number of hydrogen-bond donors (Lipinski definition) is 2. The molecule has 0 aliphatic heterocycles. The lowest BCUT2D eigenvalue weighted by atomic mass is 10.1. The molecule has 0 saturated heterocycles. The van der Waals surface area contributed by atoms with E-state index in [0.717, 1.165) is 0 Å². The molecule has 7 nitrogen and oxygen atoms in total. The highest BCUT2D eigenvalue weighted by Crippen LogP contribution is 2.28. The Balaban J connectivity index is 1.79. The molecular weight excluding hydrogens is 300 g/mol. The predicted octanol–water partition coefficient (Wildman–Crippen LogP) is 2.72. The largest absolute Gasteiger partial charge is 0.507 e. The average molecular weight is 312 g/mol. The summed E-state index contributed by atoms with van der Waals surface area (Å²) in [7, 11) is 0. The van der Waals surface area contributed by atoms with Crippen molar-refractivity contribution in [3.63, 3.8) is 0 Å². The Morgan fingerprint density at radius 3 is 2.70 bits per heavy atom. The van der Waals surface area contributed by atoms with Crippen molar-refractivity contribution in [1.29, 1.82) is 0 Å². The molecule has 2 N–H and O–H groups in total. The average Bonchev–Trinajstić information content (AvgIpc) is 3.03. The second-order valence-electron chi connectivity index (χ2n) is 4.65. The van der Waals surface area contributed by atoms with Crippen molar-refractivity contribution < 1.29 is 24.3 Å². The molecule has 0 aliphatic carbocycles. The van der Waals surface area contributed by atoms with Crippen LogP contribution in [-0.2, 0) is 6.61 Å². The quantitative estimate of drug-likeness (QED) is 0.746. The van der Waals surface area contributed by atoms with Gasteiger partial charge in [0.15, 0.2) is 6.61 Å². The number of phenolic OH excluding ortho intramolecular Hbond substituents is 1. The number of aromatic carboxylic acids is 1.